The van der Waals surface area contributed by atoms with Crippen LogP contribution in [0.15, 0.2) is 18.6 Å². The molecule has 1 radical (unpaired) electrons. The van der Waals surface area contributed by atoms with E-state index in [-0.39, 0.29) is 0 Å². The van der Waals surface area contributed by atoms with E-state index in [4.69, 9.17) is 5.73 Å². The van der Waals surface area contributed by atoms with E-state index in [9.17, 15) is 0 Å². The molecule has 2 N–H and O–H groups in total. The lowest BCUT2D eigenvalue weighted by Crippen LogP contribution is -2.24. The molecule has 0 amide bonds. The Balaban J connectivity index is 3.08. The van der Waals surface area contributed by atoms with Crippen LogP contribution in [-0.4, -0.2) is 4.98 Å². The largest absolute Gasteiger partial charge is 0.379 e. The van der Waals surface area contributed by atoms with Crippen LogP contribution >= 0.6 is 0 Å². The molecule has 3 heteroatoms. The van der Waals surface area contributed by atoms with Gasteiger partial charge in [0.05, 0.1) is 6.20 Å². The van der Waals surface area contributed by atoms with Crippen LogP contribution in [0.25, 0.3) is 0 Å². The van der Waals surface area contributed by atoms with E-state index in [0.29, 0.717) is 5.82 Å². The van der Waals surface area contributed by atoms with Crippen LogP contribution in [0.1, 0.15) is 0 Å². The molecule has 0 aliphatic rings. The molecule has 8 heavy (non-hydrogen) atoms. The molecule has 1 rings (SSSR count). The lowest BCUT2D eigenvalue weighted by molar-refractivity contribution is -0.612. The number of hydrogen-bond donors (Lipinski definition) is 1. The minimum Gasteiger partial charge on any atom is -0.379 e. The summed E-state index contributed by atoms with van der Waals surface area (Å²) >= 11 is 0. The third kappa shape index (κ3) is 0.932. The van der Waals surface area contributed by atoms with Gasteiger partial charge in [0, 0.05) is 0 Å². The van der Waals surface area contributed by atoms with Crippen molar-refractivity contribution in [3.63, 3.8) is 0 Å². The van der Waals surface area contributed by atoms with E-state index in [1.165, 1.54) is 0 Å². The van der Waals surface area contributed by atoms with Crippen molar-refractivity contribution < 1.29 is 4.57 Å². The van der Waals surface area contributed by atoms with Gasteiger partial charge in [0.25, 0.3) is 0 Å². The van der Waals surface area contributed by atoms with Gasteiger partial charge in [-0.05, 0) is 0 Å². The Morgan fingerprint density at radius 3 is 2.88 bits per heavy atom. The van der Waals surface area contributed by atoms with Crippen LogP contribution in [0.3, 0.4) is 0 Å². The van der Waals surface area contributed by atoms with Gasteiger partial charge < -0.3 is 5.73 Å². The lowest BCUT2D eigenvalue weighted by Gasteiger charge is -1.84. The minimum atomic E-state index is 0.488. The summed E-state index contributed by atoms with van der Waals surface area (Å²) in [6.07, 6.45) is 4.96. The normalized spacial score (nSPS) is 9.12. The standard InChI is InChI=1S/C5H7N3/c1-8-3-2-7-5(6)4-8/h2-4H,1H2,(H2,6,7)/q+1. The SMILES string of the molecule is [CH2][n+]1ccnc(N)c1. The van der Waals surface area contributed by atoms with Crippen molar-refractivity contribution in [2.45, 2.75) is 0 Å². The molecule has 0 saturated carbocycles. The number of hydrogen-bond acceptors (Lipinski definition) is 2. The maximum Gasteiger partial charge on any atom is 0.211 e. The fourth-order valence-electron chi connectivity index (χ4n) is 0.451. The topological polar surface area (TPSA) is 42.8 Å². The molecule has 0 atom stereocenters. The molecule has 0 fully saturated rings. The summed E-state index contributed by atoms with van der Waals surface area (Å²) in [6.45, 7) is 0. The number of nitrogen functional groups attached to an aromatic ring is 1. The lowest BCUT2D eigenvalue weighted by atomic mass is 10.7. The Labute approximate surface area is 47.8 Å². The summed E-state index contributed by atoms with van der Waals surface area (Å²) in [5.74, 6) is 0.488. The first kappa shape index (κ1) is 5.03. The van der Waals surface area contributed by atoms with Crippen LogP contribution in [0.4, 0.5) is 5.82 Å². The number of nitrogens with zero attached hydrogens (tertiary/aromatic N) is 2. The first-order valence-corrected chi connectivity index (χ1v) is 2.23. The monoisotopic (exact) mass is 109 g/mol. The zero-order valence-electron chi connectivity index (χ0n) is 4.41. The van der Waals surface area contributed by atoms with E-state index in [2.05, 4.69) is 12.0 Å². The maximum absolute atomic E-state index is 5.29. The van der Waals surface area contributed by atoms with Gasteiger partial charge in [-0.15, -0.1) is 0 Å². The highest BCUT2D eigenvalue weighted by Gasteiger charge is 1.90. The zero-order chi connectivity index (χ0) is 5.98. The highest BCUT2D eigenvalue weighted by molar-refractivity contribution is 5.18. The molecule has 0 spiro atoms. The summed E-state index contributed by atoms with van der Waals surface area (Å²) in [6, 6.07) is 0. The van der Waals surface area contributed by atoms with Gasteiger partial charge in [0.1, 0.15) is 0 Å². The molecular formula is C5H7N3+. The molecule has 41 valence electrons. The van der Waals surface area contributed by atoms with Gasteiger partial charge in [0.2, 0.25) is 13.2 Å². The van der Waals surface area contributed by atoms with Crippen LogP contribution in [0.5, 0.6) is 0 Å². The second-order valence-electron chi connectivity index (χ2n) is 1.50. The smallest absolute Gasteiger partial charge is 0.211 e. The summed E-state index contributed by atoms with van der Waals surface area (Å²) in [7, 11) is 3.58. The zero-order valence-corrected chi connectivity index (χ0v) is 4.41. The quantitative estimate of drug-likeness (QED) is 0.460. The third-order valence-electron chi connectivity index (χ3n) is 0.780. The molecular weight excluding hydrogens is 102 g/mol. The van der Waals surface area contributed by atoms with E-state index in [1.54, 1.807) is 23.2 Å². The van der Waals surface area contributed by atoms with E-state index in [0.717, 1.165) is 0 Å². The summed E-state index contributed by atoms with van der Waals surface area (Å²) in [5.41, 5.74) is 5.29. The molecule has 0 aliphatic carbocycles. The van der Waals surface area contributed by atoms with Gasteiger partial charge in [-0.1, -0.05) is 0 Å². The highest BCUT2D eigenvalue weighted by Crippen LogP contribution is 1.83. The first-order chi connectivity index (χ1) is 3.79. The summed E-state index contributed by atoms with van der Waals surface area (Å²) in [4.78, 5) is 3.76. The molecule has 0 aromatic carbocycles. The number of rotatable bonds is 0. The fourth-order valence-corrected chi connectivity index (χ4v) is 0.451. The van der Waals surface area contributed by atoms with Crippen LogP contribution < -0.4 is 10.3 Å². The Kier molecular flexibility index (Phi) is 1.12. The molecule has 0 saturated heterocycles. The second kappa shape index (κ2) is 1.78. The number of anilines is 1. The van der Waals surface area contributed by atoms with Crippen molar-refractivity contribution in [1.29, 1.82) is 0 Å². The van der Waals surface area contributed by atoms with Crippen molar-refractivity contribution in [2.75, 3.05) is 5.73 Å². The average molecular weight is 109 g/mol. The van der Waals surface area contributed by atoms with E-state index in [1.807, 2.05) is 0 Å². The molecule has 0 aliphatic heterocycles. The van der Waals surface area contributed by atoms with Gasteiger partial charge in [-0.25, -0.2) is 4.98 Å². The van der Waals surface area contributed by atoms with Gasteiger partial charge in [-0.2, -0.15) is 4.57 Å². The number of nitrogens with two attached hydrogens (primary N) is 1. The van der Waals surface area contributed by atoms with Crippen molar-refractivity contribution in [1.82, 2.24) is 4.98 Å². The van der Waals surface area contributed by atoms with Gasteiger partial charge in [0.15, 0.2) is 12.0 Å². The van der Waals surface area contributed by atoms with Crippen molar-refractivity contribution in [3.05, 3.63) is 25.6 Å². The average Bonchev–Trinajstić information content (AvgIpc) is 1.64. The molecule has 0 unspecified atom stereocenters. The van der Waals surface area contributed by atoms with Gasteiger partial charge in [-0.3, -0.25) is 0 Å². The predicted octanol–water partition coefficient (Wildman–Crippen LogP) is -0.409. The summed E-state index contributed by atoms with van der Waals surface area (Å²) < 4.78 is 1.60. The second-order valence-corrected chi connectivity index (χ2v) is 1.50. The molecule has 1 aromatic heterocycles. The highest BCUT2D eigenvalue weighted by atomic mass is 15.0. The molecule has 1 aromatic rings. The van der Waals surface area contributed by atoms with Gasteiger partial charge >= 0.3 is 0 Å². The third-order valence-corrected chi connectivity index (χ3v) is 0.780. The Bertz CT molecular complexity index is 168. The Hall–Kier alpha value is -1.12. The van der Waals surface area contributed by atoms with E-state index < -0.39 is 0 Å². The van der Waals surface area contributed by atoms with Crippen molar-refractivity contribution in [3.8, 4) is 0 Å². The van der Waals surface area contributed by atoms with Crippen molar-refractivity contribution >= 4 is 5.82 Å². The fraction of sp³-hybridized carbons (Fsp3) is 0. The first-order valence-electron chi connectivity index (χ1n) is 2.23. The number of aromatic nitrogens is 2. The minimum absolute atomic E-state index is 0.488. The predicted molar refractivity (Wildman–Crippen MR) is 29.6 cm³/mol. The molecule has 1 heterocycles. The van der Waals surface area contributed by atoms with Crippen LogP contribution in [0.2, 0.25) is 0 Å². The van der Waals surface area contributed by atoms with Crippen molar-refractivity contribution in [2.24, 2.45) is 0 Å². The molecule has 0 bridgehead atoms. The van der Waals surface area contributed by atoms with Crippen LogP contribution in [-0.2, 0) is 0 Å². The Morgan fingerprint density at radius 2 is 2.50 bits per heavy atom. The van der Waals surface area contributed by atoms with Crippen LogP contribution in [0, 0.1) is 7.05 Å². The maximum atomic E-state index is 5.29. The summed E-state index contributed by atoms with van der Waals surface area (Å²) in [5, 5.41) is 0. The Morgan fingerprint density at radius 1 is 1.75 bits per heavy atom. The van der Waals surface area contributed by atoms with E-state index >= 15 is 0 Å². The molecule has 3 nitrogen and oxygen atoms in total.